The van der Waals surface area contributed by atoms with Gasteiger partial charge in [0, 0.05) is 105 Å². The predicted octanol–water partition coefficient (Wildman–Crippen LogP) is 1.61. The molecule has 8 atom stereocenters. The molecule has 0 saturated carbocycles. The molecule has 72 heavy (non-hydrogen) atoms. The number of amides is 2. The molecule has 3 fully saturated rings. The molecule has 20 nitrogen and oxygen atoms in total. The van der Waals surface area contributed by atoms with E-state index in [-0.39, 0.29) is 76.2 Å². The highest BCUT2D eigenvalue weighted by Gasteiger charge is 2.27. The monoisotopic (exact) mass is 1020 g/mol. The second-order valence-corrected chi connectivity index (χ2v) is 19.5. The number of ether oxygens (including phenoxy) is 8. The minimum absolute atomic E-state index is 0.175. The molecular weight excluding hydrogens is 933 g/mol. The number of rotatable bonds is 32. The summed E-state index contributed by atoms with van der Waals surface area (Å²) in [6, 6.07) is 19.2. The molecule has 2 aromatic rings. The van der Waals surface area contributed by atoms with Crippen LogP contribution in [0.1, 0.15) is 38.8 Å². The number of β-amino-alcohol motifs (C(OH)–C–C–N with tert-alkyl or cyclic N) is 4. The zero-order chi connectivity index (χ0) is 51.5. The van der Waals surface area contributed by atoms with Gasteiger partial charge in [0.15, 0.2) is 0 Å². The molecule has 0 spiro atoms. The Morgan fingerprint density at radius 1 is 0.403 bits per heavy atom. The lowest BCUT2D eigenvalue weighted by atomic mass is 10.2. The maximum Gasteiger partial charge on any atom is 0.410 e. The van der Waals surface area contributed by atoms with E-state index in [1.807, 2.05) is 88.4 Å². The first-order valence-corrected chi connectivity index (χ1v) is 25.9. The summed E-state index contributed by atoms with van der Waals surface area (Å²) in [6.07, 6.45) is -4.12. The lowest BCUT2D eigenvalue weighted by molar-refractivity contribution is -0.0838. The third-order valence-corrected chi connectivity index (χ3v) is 12.7. The van der Waals surface area contributed by atoms with Crippen molar-refractivity contribution in [2.45, 2.75) is 89.7 Å². The molecule has 3 aliphatic rings. The topological polar surface area (TPSA) is 208 Å². The quantitative estimate of drug-likeness (QED) is 0.0821. The normalized spacial score (nSPS) is 20.1. The fourth-order valence-electron chi connectivity index (χ4n) is 8.49. The van der Waals surface area contributed by atoms with Crippen LogP contribution in [0.2, 0.25) is 0 Å². The second-order valence-electron chi connectivity index (χ2n) is 19.5. The summed E-state index contributed by atoms with van der Waals surface area (Å²) >= 11 is 0. The van der Waals surface area contributed by atoms with Crippen LogP contribution in [0.25, 0.3) is 0 Å². The molecule has 408 valence electrons. The minimum atomic E-state index is -0.668. The van der Waals surface area contributed by atoms with Crippen LogP contribution in [-0.4, -0.2) is 268 Å². The smallest absolute Gasteiger partial charge is 0.410 e. The molecule has 3 saturated heterocycles. The van der Waals surface area contributed by atoms with Crippen molar-refractivity contribution in [3.8, 4) is 0 Å². The maximum absolute atomic E-state index is 12.5. The Kier molecular flexibility index (Phi) is 27.5. The molecule has 8 unspecified atom stereocenters. The number of aliphatic hydroxyl groups excluding tert-OH is 4. The maximum atomic E-state index is 12.5. The molecule has 3 heterocycles. The van der Waals surface area contributed by atoms with E-state index in [4.69, 9.17) is 37.9 Å². The van der Waals surface area contributed by atoms with Crippen LogP contribution < -0.4 is 0 Å². The van der Waals surface area contributed by atoms with Gasteiger partial charge in [-0.1, -0.05) is 60.7 Å². The van der Waals surface area contributed by atoms with Gasteiger partial charge in [-0.05, 0) is 38.8 Å². The van der Waals surface area contributed by atoms with Crippen molar-refractivity contribution < 1.29 is 67.9 Å². The van der Waals surface area contributed by atoms with Crippen molar-refractivity contribution in [1.29, 1.82) is 0 Å². The number of aliphatic hydroxyl groups is 4. The average molecular weight is 1020 g/mol. The van der Waals surface area contributed by atoms with Gasteiger partial charge in [-0.2, -0.15) is 0 Å². The van der Waals surface area contributed by atoms with Crippen LogP contribution in [-0.2, 0) is 51.1 Å². The zero-order valence-corrected chi connectivity index (χ0v) is 43.3. The van der Waals surface area contributed by atoms with Gasteiger partial charge in [0.05, 0.1) is 102 Å². The predicted molar refractivity (Wildman–Crippen MR) is 269 cm³/mol. The summed E-state index contributed by atoms with van der Waals surface area (Å²) in [5.74, 6) is 0. The van der Waals surface area contributed by atoms with Crippen LogP contribution in [0.3, 0.4) is 0 Å². The number of nitrogens with zero attached hydrogens (tertiary/aromatic N) is 6. The molecule has 5 rings (SSSR count). The highest BCUT2D eigenvalue weighted by Crippen LogP contribution is 2.12. The van der Waals surface area contributed by atoms with E-state index in [2.05, 4.69) is 19.6 Å². The number of hydrogen-bond acceptors (Lipinski definition) is 18. The zero-order valence-electron chi connectivity index (χ0n) is 43.3. The molecule has 0 aromatic heterocycles. The third kappa shape index (κ3) is 24.2. The van der Waals surface area contributed by atoms with E-state index in [1.54, 1.807) is 9.80 Å². The van der Waals surface area contributed by atoms with Crippen LogP contribution in [0.5, 0.6) is 0 Å². The van der Waals surface area contributed by atoms with Crippen molar-refractivity contribution in [3.05, 3.63) is 71.8 Å². The fourth-order valence-corrected chi connectivity index (χ4v) is 8.49. The van der Waals surface area contributed by atoms with Crippen LogP contribution in [0.4, 0.5) is 9.59 Å². The van der Waals surface area contributed by atoms with Crippen LogP contribution in [0, 0.1) is 0 Å². The van der Waals surface area contributed by atoms with E-state index in [0.29, 0.717) is 105 Å². The Bertz CT molecular complexity index is 1610. The Morgan fingerprint density at radius 2 is 0.681 bits per heavy atom. The summed E-state index contributed by atoms with van der Waals surface area (Å²) in [5, 5.41) is 42.5. The van der Waals surface area contributed by atoms with E-state index >= 15 is 0 Å². The molecular formula is C52H86N6O14. The summed E-state index contributed by atoms with van der Waals surface area (Å²) in [4.78, 5) is 37.0. The molecule has 0 aliphatic carbocycles. The summed E-state index contributed by atoms with van der Waals surface area (Å²) in [6.45, 7) is 19.9. The fraction of sp³-hybridized carbons (Fsp3) is 0.731. The lowest BCUT2D eigenvalue weighted by Crippen LogP contribution is -2.51. The Labute approximate surface area is 427 Å². The summed E-state index contributed by atoms with van der Waals surface area (Å²) < 4.78 is 45.9. The van der Waals surface area contributed by atoms with Gasteiger partial charge in [0.25, 0.3) is 0 Å². The lowest BCUT2D eigenvalue weighted by Gasteiger charge is -2.36. The molecule has 0 bridgehead atoms. The van der Waals surface area contributed by atoms with Crippen molar-refractivity contribution >= 4 is 12.2 Å². The minimum Gasteiger partial charge on any atom is -0.445 e. The summed E-state index contributed by atoms with van der Waals surface area (Å²) in [7, 11) is 0. The number of piperazine rings is 3. The first-order chi connectivity index (χ1) is 34.8. The second kappa shape index (κ2) is 33.4. The van der Waals surface area contributed by atoms with Gasteiger partial charge in [0.1, 0.15) is 13.2 Å². The number of hydrogen-bond donors (Lipinski definition) is 4. The Balaban J connectivity index is 0.790. The third-order valence-electron chi connectivity index (χ3n) is 12.7. The van der Waals surface area contributed by atoms with E-state index < -0.39 is 24.4 Å². The van der Waals surface area contributed by atoms with Gasteiger partial charge >= 0.3 is 12.2 Å². The van der Waals surface area contributed by atoms with Crippen molar-refractivity contribution in [3.63, 3.8) is 0 Å². The standard InChI is InChI=1S/C52H86N6O14/c1-41(67-33-43(3)69-39-49(61)29-55-19-23-57(24-20-55)51(63)71-35-45-11-7-5-8-12-45)31-65-37-47(59)27-53-15-17-54(18-16-53)28-48(60)38-66-32-42(2)68-34-44(4)70-40-50(62)30-56-21-25-58(26-22-56)52(64)72-36-46-13-9-6-10-14-46/h5-14,41-44,47-50,59-62H,15-40H2,1-4H3. The molecule has 4 N–H and O–H groups in total. The largest absolute Gasteiger partial charge is 0.445 e. The van der Waals surface area contributed by atoms with E-state index in [9.17, 15) is 30.0 Å². The van der Waals surface area contributed by atoms with Crippen LogP contribution in [0.15, 0.2) is 60.7 Å². The van der Waals surface area contributed by atoms with Crippen molar-refractivity contribution in [2.75, 3.05) is 158 Å². The Morgan fingerprint density at radius 3 is 1.01 bits per heavy atom. The summed E-state index contributed by atoms with van der Waals surface area (Å²) in [5.41, 5.74) is 1.90. The van der Waals surface area contributed by atoms with Crippen molar-refractivity contribution in [1.82, 2.24) is 29.4 Å². The number of benzene rings is 2. The van der Waals surface area contributed by atoms with Gasteiger partial charge in [-0.25, -0.2) is 9.59 Å². The van der Waals surface area contributed by atoms with Gasteiger partial charge in [-0.3, -0.25) is 19.6 Å². The molecule has 0 radical (unpaired) electrons. The average Bonchev–Trinajstić information content (AvgIpc) is 3.38. The number of carbonyl (C=O) groups is 2. The first-order valence-electron chi connectivity index (χ1n) is 25.9. The molecule has 20 heteroatoms. The SMILES string of the molecule is CC(COCC(O)CN1CCN(CC(O)COCC(C)OCC(C)OCC(O)CN2CCN(C(=O)OCc3ccccc3)CC2)CC1)OCC(C)OCC(O)CN1CCN(C(=O)OCc2ccccc2)CC1. The molecule has 2 aromatic carbocycles. The van der Waals surface area contributed by atoms with Gasteiger partial charge in [-0.15, -0.1) is 0 Å². The highest BCUT2D eigenvalue weighted by molar-refractivity contribution is 5.68. The highest BCUT2D eigenvalue weighted by atomic mass is 16.6. The first kappa shape index (κ1) is 59.3. The van der Waals surface area contributed by atoms with E-state index in [0.717, 1.165) is 37.3 Å². The van der Waals surface area contributed by atoms with E-state index in [1.165, 1.54) is 0 Å². The molecule has 2 amide bonds. The van der Waals surface area contributed by atoms with Gasteiger partial charge < -0.3 is 68.1 Å². The van der Waals surface area contributed by atoms with Gasteiger partial charge in [0.2, 0.25) is 0 Å². The number of carbonyl (C=O) groups excluding carboxylic acids is 2. The Hall–Kier alpha value is -3.58. The molecule has 3 aliphatic heterocycles. The van der Waals surface area contributed by atoms with Crippen molar-refractivity contribution in [2.24, 2.45) is 0 Å². The van der Waals surface area contributed by atoms with Crippen LogP contribution >= 0.6 is 0 Å².